The predicted octanol–water partition coefficient (Wildman–Crippen LogP) is 5.89. The lowest BCUT2D eigenvalue weighted by molar-refractivity contribution is 0.150. The molecule has 0 heterocycles. The van der Waals surface area contributed by atoms with Crippen molar-refractivity contribution in [2.24, 2.45) is 0 Å². The summed E-state index contributed by atoms with van der Waals surface area (Å²) in [6.07, 6.45) is 15.6. The van der Waals surface area contributed by atoms with E-state index in [0.717, 1.165) is 64.2 Å². The normalized spacial score (nSPS) is 14.6. The van der Waals surface area contributed by atoms with Gasteiger partial charge in [0.2, 0.25) is 0 Å². The molecule has 0 saturated heterocycles. The Morgan fingerprint density at radius 1 is 0.640 bits per heavy atom. The minimum atomic E-state index is -3.92. The lowest BCUT2D eigenvalue weighted by Gasteiger charge is -2.14. The van der Waals surface area contributed by atoms with Gasteiger partial charge in [0.15, 0.2) is 0 Å². The van der Waals surface area contributed by atoms with Crippen molar-refractivity contribution in [2.75, 3.05) is 0 Å². The van der Waals surface area contributed by atoms with Gasteiger partial charge < -0.3 is 5.11 Å². The minimum absolute atomic E-state index is 0.187. The molecule has 0 amide bonds. The van der Waals surface area contributed by atoms with Crippen LogP contribution >= 0.6 is 0 Å². The molecule has 5 heteroatoms. The van der Waals surface area contributed by atoms with Crippen LogP contribution in [-0.2, 0) is 10.1 Å². The first kappa shape index (κ1) is 24.9. The van der Waals surface area contributed by atoms with Gasteiger partial charge in [-0.05, 0) is 25.7 Å². The number of aliphatic hydroxyl groups is 1. The Hall–Kier alpha value is -0.130. The summed E-state index contributed by atoms with van der Waals surface area (Å²) >= 11 is 0. The van der Waals surface area contributed by atoms with E-state index < -0.39 is 15.4 Å². The topological polar surface area (TPSA) is 74.6 Å². The van der Waals surface area contributed by atoms with Crippen LogP contribution in [0.15, 0.2) is 0 Å². The molecular weight excluding hydrogens is 336 g/mol. The Morgan fingerprint density at radius 2 is 1.08 bits per heavy atom. The van der Waals surface area contributed by atoms with Crippen molar-refractivity contribution in [1.82, 2.24) is 0 Å². The van der Waals surface area contributed by atoms with E-state index in [9.17, 15) is 18.1 Å². The van der Waals surface area contributed by atoms with Gasteiger partial charge in [0.1, 0.15) is 0 Å². The van der Waals surface area contributed by atoms with E-state index in [2.05, 4.69) is 13.8 Å². The van der Waals surface area contributed by atoms with Gasteiger partial charge in [0, 0.05) is 0 Å². The quantitative estimate of drug-likeness (QED) is 0.230. The van der Waals surface area contributed by atoms with Crippen LogP contribution in [0.25, 0.3) is 0 Å². The van der Waals surface area contributed by atoms with Crippen LogP contribution in [0.5, 0.6) is 0 Å². The molecule has 25 heavy (non-hydrogen) atoms. The van der Waals surface area contributed by atoms with E-state index in [-0.39, 0.29) is 6.10 Å². The summed E-state index contributed by atoms with van der Waals surface area (Å²) in [5.74, 6) is 0. The number of rotatable bonds is 18. The summed E-state index contributed by atoms with van der Waals surface area (Å²) in [7, 11) is -3.92. The lowest BCUT2D eigenvalue weighted by atomic mass is 10.0. The molecule has 2 unspecified atom stereocenters. The van der Waals surface area contributed by atoms with Gasteiger partial charge in [0.25, 0.3) is 10.1 Å². The second kappa shape index (κ2) is 16.1. The fourth-order valence-corrected chi connectivity index (χ4v) is 4.28. The summed E-state index contributed by atoms with van der Waals surface area (Å²) < 4.78 is 32.5. The Labute approximate surface area is 156 Å². The summed E-state index contributed by atoms with van der Waals surface area (Å²) in [4.78, 5) is 0. The molecule has 0 aliphatic carbocycles. The average molecular weight is 379 g/mol. The second-order valence-corrected chi connectivity index (χ2v) is 9.18. The molecule has 0 aromatic carbocycles. The first-order chi connectivity index (χ1) is 11.9. The summed E-state index contributed by atoms with van der Waals surface area (Å²) in [6, 6.07) is 0. The third-order valence-corrected chi connectivity index (χ3v) is 6.30. The molecule has 0 saturated carbocycles. The van der Waals surface area contributed by atoms with Gasteiger partial charge in [-0.25, -0.2) is 0 Å². The molecule has 0 radical (unpaired) electrons. The summed E-state index contributed by atoms with van der Waals surface area (Å²) in [5, 5.41) is 9.09. The number of aliphatic hydroxyl groups excluding tert-OH is 1. The van der Waals surface area contributed by atoms with Crippen LogP contribution in [0.4, 0.5) is 0 Å². The maximum Gasteiger partial charge on any atom is 0.267 e. The van der Waals surface area contributed by atoms with Crippen LogP contribution in [0, 0.1) is 0 Å². The molecule has 2 N–H and O–H groups in total. The third kappa shape index (κ3) is 15.8. The number of hydrogen-bond donors (Lipinski definition) is 2. The fraction of sp³-hybridized carbons (Fsp3) is 1.00. The fourth-order valence-electron chi connectivity index (χ4n) is 3.35. The van der Waals surface area contributed by atoms with Crippen molar-refractivity contribution >= 4 is 10.1 Å². The summed E-state index contributed by atoms with van der Waals surface area (Å²) in [5.41, 5.74) is 0. The molecule has 4 nitrogen and oxygen atoms in total. The largest absolute Gasteiger partial charge is 0.393 e. The van der Waals surface area contributed by atoms with Gasteiger partial charge in [-0.2, -0.15) is 8.42 Å². The summed E-state index contributed by atoms with van der Waals surface area (Å²) in [6.45, 7) is 4.27. The highest BCUT2D eigenvalue weighted by atomic mass is 32.2. The van der Waals surface area contributed by atoms with Gasteiger partial charge >= 0.3 is 0 Å². The van der Waals surface area contributed by atoms with E-state index in [0.29, 0.717) is 12.8 Å². The standard InChI is InChI=1S/C20H42O4S/c1-3-5-6-7-8-9-13-17-20(25(22,23)24)18-14-11-10-12-16-19(21)15-4-2/h19-21H,3-18H2,1-2H3,(H,22,23,24). The molecule has 0 bridgehead atoms. The molecule has 0 aromatic heterocycles. The first-order valence-corrected chi connectivity index (χ1v) is 12.1. The second-order valence-electron chi connectivity index (χ2n) is 7.48. The first-order valence-electron chi connectivity index (χ1n) is 10.6. The Kier molecular flexibility index (Phi) is 16.0. The highest BCUT2D eigenvalue weighted by Crippen LogP contribution is 2.19. The third-order valence-electron chi connectivity index (χ3n) is 4.99. The molecular formula is C20H42O4S. The molecule has 0 aliphatic heterocycles. The zero-order chi connectivity index (χ0) is 19.0. The van der Waals surface area contributed by atoms with E-state index in [1.165, 1.54) is 25.7 Å². The zero-order valence-corrected chi connectivity index (χ0v) is 17.4. The maximum atomic E-state index is 11.5. The maximum absolute atomic E-state index is 11.5. The van der Waals surface area contributed by atoms with Crippen molar-refractivity contribution in [3.05, 3.63) is 0 Å². The van der Waals surface area contributed by atoms with Crippen LogP contribution in [0.2, 0.25) is 0 Å². The molecule has 2 atom stereocenters. The zero-order valence-electron chi connectivity index (χ0n) is 16.6. The van der Waals surface area contributed by atoms with E-state index in [1.54, 1.807) is 0 Å². The van der Waals surface area contributed by atoms with Crippen LogP contribution < -0.4 is 0 Å². The molecule has 0 aliphatic rings. The lowest BCUT2D eigenvalue weighted by Crippen LogP contribution is -2.20. The Balaban J connectivity index is 3.79. The van der Waals surface area contributed by atoms with Crippen LogP contribution in [0.3, 0.4) is 0 Å². The Bertz CT molecular complexity index is 381. The minimum Gasteiger partial charge on any atom is -0.393 e. The van der Waals surface area contributed by atoms with Crippen molar-refractivity contribution in [3.63, 3.8) is 0 Å². The molecule has 0 fully saturated rings. The number of hydrogen-bond acceptors (Lipinski definition) is 3. The van der Waals surface area contributed by atoms with Crippen molar-refractivity contribution < 1.29 is 18.1 Å². The monoisotopic (exact) mass is 378 g/mol. The number of unbranched alkanes of at least 4 members (excludes halogenated alkanes) is 9. The van der Waals surface area contributed by atoms with Gasteiger partial charge in [-0.3, -0.25) is 4.55 Å². The molecule has 0 rings (SSSR count). The smallest absolute Gasteiger partial charge is 0.267 e. The van der Waals surface area contributed by atoms with Gasteiger partial charge in [-0.1, -0.05) is 90.9 Å². The van der Waals surface area contributed by atoms with Gasteiger partial charge in [0.05, 0.1) is 11.4 Å². The van der Waals surface area contributed by atoms with Crippen LogP contribution in [0.1, 0.15) is 117 Å². The van der Waals surface area contributed by atoms with Crippen molar-refractivity contribution in [2.45, 2.75) is 128 Å². The van der Waals surface area contributed by atoms with E-state index in [1.807, 2.05) is 0 Å². The highest BCUT2D eigenvalue weighted by molar-refractivity contribution is 7.86. The van der Waals surface area contributed by atoms with Gasteiger partial charge in [-0.15, -0.1) is 0 Å². The molecule has 0 aromatic rings. The predicted molar refractivity (Wildman–Crippen MR) is 107 cm³/mol. The molecule has 0 spiro atoms. The van der Waals surface area contributed by atoms with E-state index >= 15 is 0 Å². The van der Waals surface area contributed by atoms with Crippen LogP contribution in [-0.4, -0.2) is 29.4 Å². The molecule has 152 valence electrons. The van der Waals surface area contributed by atoms with Crippen molar-refractivity contribution in [1.29, 1.82) is 0 Å². The highest BCUT2D eigenvalue weighted by Gasteiger charge is 2.21. The van der Waals surface area contributed by atoms with Crippen molar-refractivity contribution in [3.8, 4) is 0 Å². The SMILES string of the molecule is CCCCCCCCCC(CCCCCCC(O)CCC)S(=O)(=O)O. The average Bonchev–Trinajstić information content (AvgIpc) is 2.54. The Morgan fingerprint density at radius 3 is 1.52 bits per heavy atom. The van der Waals surface area contributed by atoms with E-state index in [4.69, 9.17) is 0 Å².